The van der Waals surface area contributed by atoms with Crippen molar-refractivity contribution in [3.05, 3.63) is 59.1 Å². The van der Waals surface area contributed by atoms with Gasteiger partial charge in [-0.05, 0) is 42.8 Å². The van der Waals surface area contributed by atoms with Gasteiger partial charge in [0, 0.05) is 12.2 Å². The normalized spacial score (nSPS) is 15.9. The highest BCUT2D eigenvalue weighted by Crippen LogP contribution is 2.25. The van der Waals surface area contributed by atoms with Gasteiger partial charge in [0.1, 0.15) is 6.54 Å². The van der Waals surface area contributed by atoms with E-state index in [0.29, 0.717) is 35.4 Å². The van der Waals surface area contributed by atoms with Crippen molar-refractivity contribution in [3.8, 4) is 0 Å². The first kappa shape index (κ1) is 17.3. The summed E-state index contributed by atoms with van der Waals surface area (Å²) in [5.41, 5.74) is 2.06. The standard InChI is InChI=1S/C18H17N3O5S/c22-17(12-20-15-4-1-2-5-16(15)26-18(20)23)19-13-6-8-14(9-7-13)21-10-3-11-27(21,24)25/h1-2,4-9H,3,10-12H2,(H,19,22). The van der Waals surface area contributed by atoms with Crippen LogP contribution in [-0.4, -0.2) is 31.2 Å². The fourth-order valence-corrected chi connectivity index (χ4v) is 4.71. The van der Waals surface area contributed by atoms with Crippen molar-refractivity contribution < 1.29 is 17.6 Å². The lowest BCUT2D eigenvalue weighted by Gasteiger charge is -2.17. The van der Waals surface area contributed by atoms with Crippen LogP contribution in [0.5, 0.6) is 0 Å². The Hall–Kier alpha value is -3.07. The molecule has 1 N–H and O–H groups in total. The summed E-state index contributed by atoms with van der Waals surface area (Å²) in [6, 6.07) is 13.5. The molecule has 2 heterocycles. The molecular formula is C18H17N3O5S. The molecule has 1 fully saturated rings. The summed E-state index contributed by atoms with van der Waals surface area (Å²) in [6.45, 7) is 0.280. The number of carbonyl (C=O) groups is 1. The molecule has 1 amide bonds. The molecule has 8 nitrogen and oxygen atoms in total. The molecule has 0 spiro atoms. The third kappa shape index (κ3) is 3.33. The van der Waals surface area contributed by atoms with Crippen molar-refractivity contribution in [1.29, 1.82) is 0 Å². The first-order valence-electron chi connectivity index (χ1n) is 8.43. The SMILES string of the molecule is O=C(Cn1c(=O)oc2ccccc21)Nc1ccc(N2CCCS2(=O)=O)cc1. The number of carbonyl (C=O) groups excluding carboxylic acids is 1. The third-order valence-electron chi connectivity index (χ3n) is 4.41. The summed E-state index contributed by atoms with van der Waals surface area (Å²) >= 11 is 0. The van der Waals surface area contributed by atoms with Crippen LogP contribution in [0.3, 0.4) is 0 Å². The summed E-state index contributed by atoms with van der Waals surface area (Å²) in [5, 5.41) is 2.70. The smallest absolute Gasteiger partial charge is 0.408 e. The quantitative estimate of drug-likeness (QED) is 0.735. The molecule has 0 atom stereocenters. The van der Waals surface area contributed by atoms with E-state index >= 15 is 0 Å². The van der Waals surface area contributed by atoms with E-state index in [1.807, 2.05) is 0 Å². The zero-order valence-corrected chi connectivity index (χ0v) is 15.1. The Kier molecular flexibility index (Phi) is 4.23. The van der Waals surface area contributed by atoms with Crippen molar-refractivity contribution >= 4 is 38.4 Å². The highest BCUT2D eigenvalue weighted by atomic mass is 32.2. The zero-order chi connectivity index (χ0) is 19.0. The number of para-hydroxylation sites is 2. The van der Waals surface area contributed by atoms with Crippen molar-refractivity contribution in [3.63, 3.8) is 0 Å². The lowest BCUT2D eigenvalue weighted by molar-refractivity contribution is -0.116. The molecule has 2 aromatic carbocycles. The topological polar surface area (TPSA) is 102 Å². The van der Waals surface area contributed by atoms with Crippen LogP contribution in [0.4, 0.5) is 11.4 Å². The van der Waals surface area contributed by atoms with Crippen LogP contribution in [0.2, 0.25) is 0 Å². The van der Waals surface area contributed by atoms with Gasteiger partial charge in [-0.25, -0.2) is 13.2 Å². The molecule has 0 aliphatic carbocycles. The molecule has 1 aliphatic rings. The minimum atomic E-state index is -3.24. The summed E-state index contributed by atoms with van der Waals surface area (Å²) in [5.74, 6) is -0.829. The van der Waals surface area contributed by atoms with Gasteiger partial charge in [-0.15, -0.1) is 0 Å². The maximum Gasteiger partial charge on any atom is 0.420 e. The minimum absolute atomic E-state index is 0.152. The molecular weight excluding hydrogens is 370 g/mol. The Bertz CT molecular complexity index is 1160. The van der Waals surface area contributed by atoms with E-state index in [9.17, 15) is 18.0 Å². The number of fused-ring (bicyclic) bond motifs is 1. The van der Waals surface area contributed by atoms with Crippen LogP contribution in [0.15, 0.2) is 57.7 Å². The maximum absolute atomic E-state index is 12.3. The highest BCUT2D eigenvalue weighted by molar-refractivity contribution is 7.93. The Morgan fingerprint density at radius 1 is 1.11 bits per heavy atom. The monoisotopic (exact) mass is 387 g/mol. The number of oxazole rings is 1. The molecule has 3 aromatic rings. The summed E-state index contributed by atoms with van der Waals surface area (Å²) in [4.78, 5) is 24.2. The van der Waals surface area contributed by atoms with Gasteiger partial charge in [0.25, 0.3) is 0 Å². The molecule has 0 saturated carbocycles. The van der Waals surface area contributed by atoms with E-state index in [0.717, 1.165) is 0 Å². The molecule has 27 heavy (non-hydrogen) atoms. The van der Waals surface area contributed by atoms with Crippen molar-refractivity contribution in [2.75, 3.05) is 21.9 Å². The summed E-state index contributed by atoms with van der Waals surface area (Å²) < 4.78 is 31.7. The van der Waals surface area contributed by atoms with Crippen molar-refractivity contribution in [2.45, 2.75) is 13.0 Å². The number of nitrogens with zero attached hydrogens (tertiary/aromatic N) is 2. The molecule has 4 rings (SSSR count). The van der Waals surface area contributed by atoms with Crippen molar-refractivity contribution in [1.82, 2.24) is 4.57 Å². The summed E-state index contributed by atoms with van der Waals surface area (Å²) in [6.07, 6.45) is 0.605. The van der Waals surface area contributed by atoms with Crippen LogP contribution in [0.1, 0.15) is 6.42 Å². The predicted octanol–water partition coefficient (Wildman–Crippen LogP) is 1.77. The average Bonchev–Trinajstić information content (AvgIpc) is 3.15. The van der Waals surface area contributed by atoms with Gasteiger partial charge in [0.2, 0.25) is 15.9 Å². The average molecular weight is 387 g/mol. The van der Waals surface area contributed by atoms with Gasteiger partial charge in [-0.1, -0.05) is 12.1 Å². The molecule has 1 aliphatic heterocycles. The minimum Gasteiger partial charge on any atom is -0.408 e. The fraction of sp³-hybridized carbons (Fsp3) is 0.222. The number of hydrogen-bond acceptors (Lipinski definition) is 5. The Morgan fingerprint density at radius 3 is 2.56 bits per heavy atom. The first-order chi connectivity index (χ1) is 12.9. The second-order valence-corrected chi connectivity index (χ2v) is 8.27. The molecule has 0 bridgehead atoms. The van der Waals surface area contributed by atoms with Gasteiger partial charge >= 0.3 is 5.76 Å². The second-order valence-electron chi connectivity index (χ2n) is 6.26. The number of aromatic nitrogens is 1. The van der Waals surface area contributed by atoms with Gasteiger partial charge in [0.05, 0.1) is 17.0 Å². The van der Waals surface area contributed by atoms with Crippen LogP contribution in [0.25, 0.3) is 11.1 Å². The largest absolute Gasteiger partial charge is 0.420 e. The van der Waals surface area contributed by atoms with Crippen LogP contribution in [0, 0.1) is 0 Å². The van der Waals surface area contributed by atoms with E-state index in [1.165, 1.54) is 8.87 Å². The molecule has 1 saturated heterocycles. The lowest BCUT2D eigenvalue weighted by atomic mass is 10.2. The number of anilines is 2. The summed E-state index contributed by atoms with van der Waals surface area (Å²) in [7, 11) is -3.24. The third-order valence-corrected chi connectivity index (χ3v) is 6.28. The highest BCUT2D eigenvalue weighted by Gasteiger charge is 2.28. The second kappa shape index (κ2) is 6.58. The molecule has 0 radical (unpaired) electrons. The van der Waals surface area contributed by atoms with Gasteiger partial charge < -0.3 is 9.73 Å². The number of rotatable bonds is 4. The zero-order valence-electron chi connectivity index (χ0n) is 14.3. The number of nitrogens with one attached hydrogen (secondary N) is 1. The molecule has 0 unspecified atom stereocenters. The van der Waals surface area contributed by atoms with Crippen LogP contribution >= 0.6 is 0 Å². The molecule has 140 valence electrons. The number of benzene rings is 2. The predicted molar refractivity (Wildman–Crippen MR) is 101 cm³/mol. The number of amides is 1. The van der Waals surface area contributed by atoms with E-state index in [-0.39, 0.29) is 18.2 Å². The maximum atomic E-state index is 12.3. The molecule has 9 heteroatoms. The Labute approximate surface area is 155 Å². The fourth-order valence-electron chi connectivity index (χ4n) is 3.15. The van der Waals surface area contributed by atoms with Gasteiger partial charge in [0.15, 0.2) is 5.58 Å². The molecule has 1 aromatic heterocycles. The Balaban J connectivity index is 1.48. The van der Waals surface area contributed by atoms with E-state index < -0.39 is 15.8 Å². The van der Waals surface area contributed by atoms with Gasteiger partial charge in [-0.2, -0.15) is 0 Å². The van der Waals surface area contributed by atoms with E-state index in [4.69, 9.17) is 4.42 Å². The van der Waals surface area contributed by atoms with E-state index in [2.05, 4.69) is 5.32 Å². The van der Waals surface area contributed by atoms with Crippen molar-refractivity contribution in [2.24, 2.45) is 0 Å². The Morgan fingerprint density at radius 2 is 1.85 bits per heavy atom. The first-order valence-corrected chi connectivity index (χ1v) is 10.0. The van der Waals surface area contributed by atoms with Crippen LogP contribution in [-0.2, 0) is 21.4 Å². The number of sulfonamides is 1. The lowest BCUT2D eigenvalue weighted by Crippen LogP contribution is -2.25. The van der Waals surface area contributed by atoms with Crippen LogP contribution < -0.4 is 15.4 Å². The van der Waals surface area contributed by atoms with E-state index in [1.54, 1.807) is 48.5 Å². The van der Waals surface area contributed by atoms with Gasteiger partial charge in [-0.3, -0.25) is 13.7 Å². The number of hydrogen-bond donors (Lipinski definition) is 1.